The molecule has 0 unspecified atom stereocenters. The molecule has 1 aromatic carbocycles. The summed E-state index contributed by atoms with van der Waals surface area (Å²) in [4.78, 5) is 12.3. The van der Waals surface area contributed by atoms with Crippen LogP contribution in [0.25, 0.3) is 0 Å². The van der Waals surface area contributed by atoms with Gasteiger partial charge < -0.3 is 5.11 Å². The topological polar surface area (TPSA) is 37.3 Å². The fourth-order valence-electron chi connectivity index (χ4n) is 3.24. The molecule has 140 valence electrons. The quantitative estimate of drug-likeness (QED) is 0.668. The van der Waals surface area contributed by atoms with Gasteiger partial charge in [-0.25, -0.2) is 0 Å². The van der Waals surface area contributed by atoms with Gasteiger partial charge in [0.05, 0.1) is 5.75 Å². The van der Waals surface area contributed by atoms with Gasteiger partial charge in [-0.15, -0.1) is 23.5 Å². The van der Waals surface area contributed by atoms with Crippen molar-refractivity contribution in [1.29, 1.82) is 0 Å². The Bertz CT molecular complexity index is 611. The van der Waals surface area contributed by atoms with Crippen LogP contribution < -0.4 is 0 Å². The van der Waals surface area contributed by atoms with E-state index in [9.17, 15) is 4.79 Å². The Kier molecular flexibility index (Phi) is 6.59. The summed E-state index contributed by atoms with van der Waals surface area (Å²) in [7, 11) is 0. The van der Waals surface area contributed by atoms with Crippen molar-refractivity contribution >= 4 is 29.5 Å². The lowest BCUT2D eigenvalue weighted by Gasteiger charge is -2.29. The number of carbonyl (C=O) groups is 1. The largest absolute Gasteiger partial charge is 0.481 e. The third-order valence-electron chi connectivity index (χ3n) is 4.74. The molecule has 25 heavy (non-hydrogen) atoms. The monoisotopic (exact) mass is 380 g/mol. The van der Waals surface area contributed by atoms with Crippen molar-refractivity contribution in [2.24, 2.45) is 0 Å². The molecule has 0 heterocycles. The SMILES string of the molecule is CC(C)(C)c1ccc(S[C@@H]2CCC[C@H]2SCC(=O)O)c(C(C)(C)C)c1. The summed E-state index contributed by atoms with van der Waals surface area (Å²) < 4.78 is 0. The van der Waals surface area contributed by atoms with Crippen molar-refractivity contribution in [2.75, 3.05) is 5.75 Å². The lowest BCUT2D eigenvalue weighted by Crippen LogP contribution is -2.19. The Labute approximate surface area is 161 Å². The molecule has 4 heteroatoms. The Morgan fingerprint density at radius 2 is 1.72 bits per heavy atom. The number of aliphatic carboxylic acids is 1. The molecule has 2 rings (SSSR count). The minimum atomic E-state index is -0.703. The van der Waals surface area contributed by atoms with Crippen LogP contribution in [0.3, 0.4) is 0 Å². The zero-order chi connectivity index (χ0) is 18.8. The van der Waals surface area contributed by atoms with Crippen LogP contribution in [0, 0.1) is 0 Å². The summed E-state index contributed by atoms with van der Waals surface area (Å²) in [5.74, 6) is -0.484. The number of hydrogen-bond donors (Lipinski definition) is 1. The molecule has 1 fully saturated rings. The molecule has 1 aromatic rings. The minimum Gasteiger partial charge on any atom is -0.481 e. The highest BCUT2D eigenvalue weighted by atomic mass is 32.2. The van der Waals surface area contributed by atoms with E-state index >= 15 is 0 Å². The van der Waals surface area contributed by atoms with Gasteiger partial charge in [-0.3, -0.25) is 4.79 Å². The van der Waals surface area contributed by atoms with Crippen molar-refractivity contribution in [3.8, 4) is 0 Å². The van der Waals surface area contributed by atoms with Gasteiger partial charge in [0.2, 0.25) is 0 Å². The van der Waals surface area contributed by atoms with Crippen LogP contribution in [-0.4, -0.2) is 27.3 Å². The molecule has 0 spiro atoms. The molecular formula is C21H32O2S2. The Balaban J connectivity index is 2.24. The van der Waals surface area contributed by atoms with Crippen molar-refractivity contribution in [3.63, 3.8) is 0 Å². The fraction of sp³-hybridized carbons (Fsp3) is 0.667. The maximum absolute atomic E-state index is 10.9. The average Bonchev–Trinajstić information content (AvgIpc) is 2.90. The van der Waals surface area contributed by atoms with E-state index in [1.54, 1.807) is 11.8 Å². The molecular weight excluding hydrogens is 348 g/mol. The molecule has 0 bridgehead atoms. The number of carboxylic acids is 1. The lowest BCUT2D eigenvalue weighted by molar-refractivity contribution is -0.133. The second-order valence-electron chi connectivity index (χ2n) is 9.04. The first-order valence-electron chi connectivity index (χ1n) is 9.13. The molecule has 0 aromatic heterocycles. The van der Waals surface area contributed by atoms with Crippen LogP contribution in [0.5, 0.6) is 0 Å². The van der Waals surface area contributed by atoms with Crippen LogP contribution >= 0.6 is 23.5 Å². The second-order valence-corrected chi connectivity index (χ2v) is 11.5. The molecule has 1 aliphatic carbocycles. The van der Waals surface area contributed by atoms with E-state index in [0.717, 1.165) is 6.42 Å². The number of rotatable bonds is 5. The maximum atomic E-state index is 10.9. The van der Waals surface area contributed by atoms with Crippen LogP contribution in [0.15, 0.2) is 23.1 Å². The smallest absolute Gasteiger partial charge is 0.313 e. The maximum Gasteiger partial charge on any atom is 0.313 e. The van der Waals surface area contributed by atoms with Gasteiger partial charge >= 0.3 is 5.97 Å². The summed E-state index contributed by atoms with van der Waals surface area (Å²) in [6.07, 6.45) is 3.53. The summed E-state index contributed by atoms with van der Waals surface area (Å²) in [6, 6.07) is 6.95. The summed E-state index contributed by atoms with van der Waals surface area (Å²) >= 11 is 3.59. The standard InChI is InChI=1S/C21H32O2S2/c1-20(2,3)14-10-11-16(15(12-14)21(4,5)6)25-18-9-7-8-17(18)24-13-19(22)23/h10-12,17-18H,7-9,13H2,1-6H3,(H,22,23)/t17-,18-/m1/s1. The summed E-state index contributed by atoms with van der Waals surface area (Å²) in [5.41, 5.74) is 3.05. The van der Waals surface area contributed by atoms with E-state index in [4.69, 9.17) is 5.11 Å². The fourth-order valence-corrected chi connectivity index (χ4v) is 6.22. The predicted octanol–water partition coefficient (Wildman–Crippen LogP) is 6.11. The highest BCUT2D eigenvalue weighted by molar-refractivity contribution is 8.04. The van der Waals surface area contributed by atoms with Crippen molar-refractivity contribution in [2.45, 2.75) is 87.0 Å². The van der Waals surface area contributed by atoms with E-state index in [0.29, 0.717) is 10.5 Å². The van der Waals surface area contributed by atoms with Crippen LogP contribution in [0.1, 0.15) is 71.9 Å². The molecule has 1 N–H and O–H groups in total. The average molecular weight is 381 g/mol. The third-order valence-corrected chi connectivity index (χ3v) is 7.80. The van der Waals surface area contributed by atoms with Gasteiger partial charge in [0.1, 0.15) is 0 Å². The zero-order valence-electron chi connectivity index (χ0n) is 16.4. The highest BCUT2D eigenvalue weighted by Crippen LogP contribution is 2.44. The minimum absolute atomic E-state index is 0.103. The first kappa shape index (κ1) is 20.7. The predicted molar refractivity (Wildman–Crippen MR) is 111 cm³/mol. The molecule has 0 amide bonds. The molecule has 1 saturated carbocycles. The number of thioether (sulfide) groups is 2. The van der Waals surface area contributed by atoms with Gasteiger partial charge in [-0.05, 0) is 40.9 Å². The Morgan fingerprint density at radius 3 is 2.28 bits per heavy atom. The highest BCUT2D eigenvalue weighted by Gasteiger charge is 2.31. The van der Waals surface area contributed by atoms with E-state index in [1.165, 1.54) is 28.9 Å². The molecule has 0 aliphatic heterocycles. The molecule has 2 atom stereocenters. The second kappa shape index (κ2) is 7.96. The van der Waals surface area contributed by atoms with E-state index in [-0.39, 0.29) is 16.6 Å². The van der Waals surface area contributed by atoms with E-state index in [2.05, 4.69) is 59.7 Å². The Hall–Kier alpha value is -0.610. The molecule has 0 saturated heterocycles. The van der Waals surface area contributed by atoms with Crippen LogP contribution in [0.4, 0.5) is 0 Å². The van der Waals surface area contributed by atoms with Gasteiger partial charge in [0.15, 0.2) is 0 Å². The molecule has 1 aliphatic rings. The zero-order valence-corrected chi connectivity index (χ0v) is 18.0. The summed E-state index contributed by atoms with van der Waals surface area (Å²) in [5, 5.41) is 9.95. The van der Waals surface area contributed by atoms with Gasteiger partial charge in [0, 0.05) is 15.4 Å². The number of benzene rings is 1. The Morgan fingerprint density at radius 1 is 1.08 bits per heavy atom. The molecule has 2 nitrogen and oxygen atoms in total. The normalized spacial score (nSPS) is 21.5. The van der Waals surface area contributed by atoms with Gasteiger partial charge in [-0.2, -0.15) is 0 Å². The number of hydrogen-bond acceptors (Lipinski definition) is 3. The first-order chi connectivity index (χ1) is 11.5. The van der Waals surface area contributed by atoms with Gasteiger partial charge in [-0.1, -0.05) is 60.1 Å². The van der Waals surface area contributed by atoms with Crippen molar-refractivity contribution in [3.05, 3.63) is 29.3 Å². The third kappa shape index (κ3) is 5.68. The van der Waals surface area contributed by atoms with Gasteiger partial charge in [0.25, 0.3) is 0 Å². The first-order valence-corrected chi connectivity index (χ1v) is 11.1. The van der Waals surface area contributed by atoms with Crippen molar-refractivity contribution < 1.29 is 9.90 Å². The van der Waals surface area contributed by atoms with E-state index in [1.807, 2.05) is 11.8 Å². The number of carboxylic acid groups (broad SMARTS) is 1. The molecule has 0 radical (unpaired) electrons. The van der Waals surface area contributed by atoms with Crippen LogP contribution in [-0.2, 0) is 15.6 Å². The lowest BCUT2D eigenvalue weighted by atomic mass is 9.81. The van der Waals surface area contributed by atoms with Crippen molar-refractivity contribution in [1.82, 2.24) is 0 Å². The van der Waals surface area contributed by atoms with E-state index < -0.39 is 5.97 Å². The summed E-state index contributed by atoms with van der Waals surface area (Å²) in [6.45, 7) is 13.6. The van der Waals surface area contributed by atoms with Crippen LogP contribution in [0.2, 0.25) is 0 Å².